The molecule has 1 N–H and O–H groups in total. The zero-order chi connectivity index (χ0) is 18.8. The van der Waals surface area contributed by atoms with Gasteiger partial charge in [-0.1, -0.05) is 41.9 Å². The summed E-state index contributed by atoms with van der Waals surface area (Å²) in [5, 5.41) is 3.33. The summed E-state index contributed by atoms with van der Waals surface area (Å²) in [7, 11) is 1.61. The minimum Gasteiger partial charge on any atom is -0.496 e. The van der Waals surface area contributed by atoms with E-state index in [-0.39, 0.29) is 12.5 Å². The number of halogens is 1. The molecule has 136 valence electrons. The molecule has 0 saturated heterocycles. The molecule has 0 spiro atoms. The summed E-state index contributed by atoms with van der Waals surface area (Å²) in [6.45, 7) is 0.104. The molecular formula is C20H20ClNO4. The third kappa shape index (κ3) is 6.61. The van der Waals surface area contributed by atoms with Crippen molar-refractivity contribution in [3.8, 4) is 5.75 Å². The number of para-hydroxylation sites is 1. The number of ether oxygens (including phenoxy) is 2. The van der Waals surface area contributed by atoms with Crippen molar-refractivity contribution in [1.29, 1.82) is 0 Å². The van der Waals surface area contributed by atoms with E-state index >= 15 is 0 Å². The molecule has 0 radical (unpaired) electrons. The van der Waals surface area contributed by atoms with Crippen LogP contribution in [-0.4, -0.2) is 32.1 Å². The molecule has 2 aromatic rings. The lowest BCUT2D eigenvalue weighted by Gasteiger charge is -2.09. The van der Waals surface area contributed by atoms with Crippen molar-refractivity contribution < 1.29 is 19.1 Å². The summed E-state index contributed by atoms with van der Waals surface area (Å²) in [5.41, 5.74) is 1.81. The van der Waals surface area contributed by atoms with Crippen LogP contribution in [0.4, 0.5) is 0 Å². The Morgan fingerprint density at radius 1 is 1.12 bits per heavy atom. The van der Waals surface area contributed by atoms with E-state index in [4.69, 9.17) is 21.1 Å². The Bertz CT molecular complexity index is 772. The molecule has 2 aromatic carbocycles. The Morgan fingerprint density at radius 2 is 1.85 bits per heavy atom. The van der Waals surface area contributed by atoms with Crippen molar-refractivity contribution in [3.05, 3.63) is 70.8 Å². The molecule has 6 heteroatoms. The van der Waals surface area contributed by atoms with Gasteiger partial charge in [-0.15, -0.1) is 0 Å². The van der Waals surface area contributed by atoms with Crippen molar-refractivity contribution in [3.63, 3.8) is 0 Å². The lowest BCUT2D eigenvalue weighted by molar-refractivity contribution is -0.143. The Labute approximate surface area is 157 Å². The summed E-state index contributed by atoms with van der Waals surface area (Å²) in [6.07, 6.45) is 3.49. The third-order valence-electron chi connectivity index (χ3n) is 3.54. The predicted octanol–water partition coefficient (Wildman–Crippen LogP) is 3.26. The first-order valence-electron chi connectivity index (χ1n) is 8.07. The Balaban J connectivity index is 1.69. The van der Waals surface area contributed by atoms with Crippen LogP contribution in [-0.2, 0) is 20.7 Å². The van der Waals surface area contributed by atoms with Crippen molar-refractivity contribution in [2.45, 2.75) is 6.42 Å². The second-order valence-electron chi connectivity index (χ2n) is 5.40. The standard InChI is InChI=1S/C20H20ClNO4/c1-25-18-5-3-2-4-16(18)12-13-22-19(23)14-26-20(24)11-8-15-6-9-17(21)10-7-15/h2-11H,12-14H2,1H3,(H,22,23)/b11-8+. The fourth-order valence-corrected chi connectivity index (χ4v) is 2.35. The number of carbonyl (C=O) groups is 2. The zero-order valence-electron chi connectivity index (χ0n) is 14.4. The van der Waals surface area contributed by atoms with Gasteiger partial charge in [0.1, 0.15) is 5.75 Å². The van der Waals surface area contributed by atoms with Gasteiger partial charge in [-0.05, 0) is 41.8 Å². The van der Waals surface area contributed by atoms with E-state index < -0.39 is 5.97 Å². The van der Waals surface area contributed by atoms with Crippen molar-refractivity contribution in [1.82, 2.24) is 5.32 Å². The van der Waals surface area contributed by atoms with E-state index in [0.717, 1.165) is 16.9 Å². The lowest BCUT2D eigenvalue weighted by atomic mass is 10.1. The molecule has 0 saturated carbocycles. The number of hydrogen-bond acceptors (Lipinski definition) is 4. The van der Waals surface area contributed by atoms with E-state index in [1.807, 2.05) is 24.3 Å². The van der Waals surface area contributed by atoms with E-state index in [1.54, 1.807) is 37.5 Å². The third-order valence-corrected chi connectivity index (χ3v) is 3.79. The first kappa shape index (κ1) is 19.5. The smallest absolute Gasteiger partial charge is 0.331 e. The van der Waals surface area contributed by atoms with E-state index in [2.05, 4.69) is 5.32 Å². The topological polar surface area (TPSA) is 64.6 Å². The second-order valence-corrected chi connectivity index (χ2v) is 5.84. The molecule has 2 rings (SSSR count). The summed E-state index contributed by atoms with van der Waals surface area (Å²) < 4.78 is 10.2. The molecule has 0 aromatic heterocycles. The van der Waals surface area contributed by atoms with Gasteiger partial charge in [0.25, 0.3) is 5.91 Å². The van der Waals surface area contributed by atoms with Crippen LogP contribution in [0.1, 0.15) is 11.1 Å². The maximum atomic E-state index is 11.7. The minimum atomic E-state index is -0.583. The molecule has 0 unspecified atom stereocenters. The van der Waals surface area contributed by atoms with Crippen LogP contribution in [0.25, 0.3) is 6.08 Å². The number of methoxy groups -OCH3 is 1. The molecule has 0 aliphatic heterocycles. The maximum absolute atomic E-state index is 11.7. The average Bonchev–Trinajstić information content (AvgIpc) is 2.66. The monoisotopic (exact) mass is 373 g/mol. The summed E-state index contributed by atoms with van der Waals surface area (Å²) in [5.74, 6) is -0.159. The molecule has 0 bridgehead atoms. The Kier molecular flexibility index (Phi) is 7.71. The quantitative estimate of drug-likeness (QED) is 0.569. The normalized spacial score (nSPS) is 10.5. The number of carbonyl (C=O) groups excluding carboxylic acids is 2. The van der Waals surface area contributed by atoms with E-state index in [0.29, 0.717) is 18.0 Å². The van der Waals surface area contributed by atoms with Gasteiger partial charge in [0, 0.05) is 17.6 Å². The molecule has 26 heavy (non-hydrogen) atoms. The fraction of sp³-hybridized carbons (Fsp3) is 0.200. The summed E-state index contributed by atoms with van der Waals surface area (Å²) in [4.78, 5) is 23.4. The Hall–Kier alpha value is -2.79. The molecule has 1 amide bonds. The highest BCUT2D eigenvalue weighted by Gasteiger charge is 2.06. The second kappa shape index (κ2) is 10.3. The first-order valence-corrected chi connectivity index (χ1v) is 8.45. The van der Waals surface area contributed by atoms with Crippen LogP contribution in [0.5, 0.6) is 5.75 Å². The van der Waals surface area contributed by atoms with Gasteiger partial charge < -0.3 is 14.8 Å². The number of esters is 1. The minimum absolute atomic E-state index is 0.324. The average molecular weight is 374 g/mol. The van der Waals surface area contributed by atoms with Gasteiger partial charge >= 0.3 is 5.97 Å². The number of amides is 1. The Morgan fingerprint density at radius 3 is 2.58 bits per heavy atom. The van der Waals surface area contributed by atoms with Gasteiger partial charge in [0.05, 0.1) is 7.11 Å². The van der Waals surface area contributed by atoms with Crippen LogP contribution < -0.4 is 10.1 Å². The number of nitrogens with one attached hydrogen (secondary N) is 1. The molecule has 0 heterocycles. The highest BCUT2D eigenvalue weighted by molar-refractivity contribution is 6.30. The number of hydrogen-bond donors (Lipinski definition) is 1. The van der Waals surface area contributed by atoms with Crippen LogP contribution in [0.2, 0.25) is 5.02 Å². The van der Waals surface area contributed by atoms with Gasteiger partial charge in [0.2, 0.25) is 0 Å². The van der Waals surface area contributed by atoms with Crippen LogP contribution in [0, 0.1) is 0 Å². The molecule has 0 aliphatic rings. The van der Waals surface area contributed by atoms with Gasteiger partial charge in [0.15, 0.2) is 6.61 Å². The van der Waals surface area contributed by atoms with Crippen LogP contribution in [0.3, 0.4) is 0 Å². The zero-order valence-corrected chi connectivity index (χ0v) is 15.2. The fourth-order valence-electron chi connectivity index (χ4n) is 2.22. The van der Waals surface area contributed by atoms with Gasteiger partial charge in [-0.25, -0.2) is 4.79 Å². The lowest BCUT2D eigenvalue weighted by Crippen LogP contribution is -2.30. The number of benzene rings is 2. The van der Waals surface area contributed by atoms with Crippen molar-refractivity contribution in [2.75, 3.05) is 20.3 Å². The highest BCUT2D eigenvalue weighted by atomic mass is 35.5. The summed E-state index contributed by atoms with van der Waals surface area (Å²) in [6, 6.07) is 14.6. The molecule has 0 aliphatic carbocycles. The van der Waals surface area contributed by atoms with E-state index in [1.165, 1.54) is 6.08 Å². The molecule has 0 fully saturated rings. The molecular weight excluding hydrogens is 354 g/mol. The maximum Gasteiger partial charge on any atom is 0.331 e. The predicted molar refractivity (Wildman–Crippen MR) is 101 cm³/mol. The highest BCUT2D eigenvalue weighted by Crippen LogP contribution is 2.17. The summed E-state index contributed by atoms with van der Waals surface area (Å²) >= 11 is 5.79. The van der Waals surface area contributed by atoms with Crippen molar-refractivity contribution >= 4 is 29.6 Å². The van der Waals surface area contributed by atoms with Crippen molar-refractivity contribution in [2.24, 2.45) is 0 Å². The number of rotatable bonds is 8. The molecule has 0 atom stereocenters. The van der Waals surface area contributed by atoms with Gasteiger partial charge in [-0.2, -0.15) is 0 Å². The van der Waals surface area contributed by atoms with Crippen LogP contribution >= 0.6 is 11.6 Å². The molecule has 5 nitrogen and oxygen atoms in total. The van der Waals surface area contributed by atoms with Gasteiger partial charge in [-0.3, -0.25) is 4.79 Å². The first-order chi connectivity index (χ1) is 12.6. The largest absolute Gasteiger partial charge is 0.496 e. The van der Waals surface area contributed by atoms with E-state index in [9.17, 15) is 9.59 Å². The SMILES string of the molecule is COc1ccccc1CCNC(=O)COC(=O)/C=C/c1ccc(Cl)cc1. The van der Waals surface area contributed by atoms with Crippen LogP contribution in [0.15, 0.2) is 54.6 Å².